The van der Waals surface area contributed by atoms with Gasteiger partial charge in [-0.05, 0) is 58.2 Å². The van der Waals surface area contributed by atoms with Crippen molar-refractivity contribution in [2.75, 3.05) is 25.1 Å². The smallest absolute Gasteiger partial charge is 0.407 e. The molecule has 11 nitrogen and oxygen atoms in total. The number of hydrogen-bond donors (Lipinski definition) is 1. The van der Waals surface area contributed by atoms with Gasteiger partial charge in [0.15, 0.2) is 11.2 Å². The van der Waals surface area contributed by atoms with Gasteiger partial charge < -0.3 is 19.7 Å². The molecule has 2 aromatic heterocycles. The van der Waals surface area contributed by atoms with E-state index in [1.165, 1.54) is 9.13 Å². The molecule has 3 heterocycles. The van der Waals surface area contributed by atoms with E-state index in [-0.39, 0.29) is 19.1 Å². The molecule has 0 bridgehead atoms. The van der Waals surface area contributed by atoms with Gasteiger partial charge in [-0.1, -0.05) is 18.1 Å². The van der Waals surface area contributed by atoms with Crippen molar-refractivity contribution in [1.82, 2.24) is 24.0 Å². The number of methoxy groups -OCH3 is 1. The summed E-state index contributed by atoms with van der Waals surface area (Å²) in [6.45, 7) is 8.68. The lowest BCUT2D eigenvalue weighted by Gasteiger charge is -2.34. The highest BCUT2D eigenvalue weighted by atomic mass is 16.6. The van der Waals surface area contributed by atoms with Crippen LogP contribution in [0.25, 0.3) is 11.2 Å². The quantitative estimate of drug-likeness (QED) is 0.482. The van der Waals surface area contributed by atoms with Gasteiger partial charge >= 0.3 is 11.8 Å². The molecule has 0 saturated carbocycles. The number of aryl methyl sites for hydroxylation is 1. The van der Waals surface area contributed by atoms with Crippen molar-refractivity contribution in [3.63, 3.8) is 0 Å². The van der Waals surface area contributed by atoms with Gasteiger partial charge in [-0.25, -0.2) is 9.59 Å². The molecule has 1 aromatic carbocycles. The fourth-order valence-electron chi connectivity index (χ4n) is 4.75. The van der Waals surface area contributed by atoms with Crippen LogP contribution in [0.1, 0.15) is 46.1 Å². The van der Waals surface area contributed by atoms with Crippen LogP contribution < -0.4 is 26.2 Å². The maximum atomic E-state index is 13.8. The zero-order valence-corrected chi connectivity index (χ0v) is 23.4. The lowest BCUT2D eigenvalue weighted by Crippen LogP contribution is -2.49. The summed E-state index contributed by atoms with van der Waals surface area (Å²) in [4.78, 5) is 46.3. The summed E-state index contributed by atoms with van der Waals surface area (Å²) >= 11 is 0. The SMILES string of the molecule is CC#CCn1c(N2CCC[C@@H](NC(=O)OC(C)(C)C)C2)nc2c1c(=O)n(Cc1cccc(OC)c1)c(=O)n2C. The zero-order chi connectivity index (χ0) is 28.3. The number of nitrogens with zero attached hydrogens (tertiary/aromatic N) is 5. The van der Waals surface area contributed by atoms with Crippen molar-refractivity contribution in [3.05, 3.63) is 50.7 Å². The number of piperidine rings is 1. The van der Waals surface area contributed by atoms with Crippen molar-refractivity contribution in [2.45, 2.75) is 65.3 Å². The van der Waals surface area contributed by atoms with Gasteiger partial charge in [0.1, 0.15) is 11.4 Å². The number of carbonyl (C=O) groups is 1. The first-order chi connectivity index (χ1) is 18.5. The first-order valence-corrected chi connectivity index (χ1v) is 13.0. The van der Waals surface area contributed by atoms with Crippen LogP contribution in [0.5, 0.6) is 5.75 Å². The summed E-state index contributed by atoms with van der Waals surface area (Å²) in [5.74, 6) is 7.11. The van der Waals surface area contributed by atoms with Crippen LogP contribution in [0.2, 0.25) is 0 Å². The van der Waals surface area contributed by atoms with Crippen molar-refractivity contribution in [2.24, 2.45) is 7.05 Å². The Balaban J connectivity index is 1.75. The number of rotatable bonds is 6. The lowest BCUT2D eigenvalue weighted by atomic mass is 10.1. The molecule has 0 spiro atoms. The van der Waals surface area contributed by atoms with Crippen LogP contribution in [0, 0.1) is 11.8 Å². The molecule has 39 heavy (non-hydrogen) atoms. The Morgan fingerprint density at radius 1 is 1.23 bits per heavy atom. The Hall–Kier alpha value is -4.20. The Labute approximate surface area is 227 Å². The molecule has 4 rings (SSSR count). The van der Waals surface area contributed by atoms with Gasteiger partial charge in [0.05, 0.1) is 20.2 Å². The molecule has 1 atom stereocenters. The Bertz CT molecular complexity index is 1550. The molecule has 1 aliphatic rings. The summed E-state index contributed by atoms with van der Waals surface area (Å²) in [6, 6.07) is 7.11. The summed E-state index contributed by atoms with van der Waals surface area (Å²) in [5, 5.41) is 2.95. The fraction of sp³-hybridized carbons (Fsp3) is 0.500. The minimum atomic E-state index is -0.596. The van der Waals surface area contributed by atoms with Gasteiger partial charge in [-0.15, -0.1) is 5.92 Å². The van der Waals surface area contributed by atoms with Crippen LogP contribution in [0.15, 0.2) is 33.9 Å². The molecule has 1 fully saturated rings. The maximum Gasteiger partial charge on any atom is 0.407 e. The number of carbonyl (C=O) groups excluding carboxylic acids is 1. The molecule has 0 radical (unpaired) electrons. The summed E-state index contributed by atoms with van der Waals surface area (Å²) in [5.41, 5.74) is -0.133. The second-order valence-electron chi connectivity index (χ2n) is 10.6. The molecular weight excluding hydrogens is 500 g/mol. The van der Waals surface area contributed by atoms with Gasteiger partial charge in [0.25, 0.3) is 5.56 Å². The third kappa shape index (κ3) is 6.11. The predicted molar refractivity (Wildman–Crippen MR) is 149 cm³/mol. The van der Waals surface area contributed by atoms with E-state index in [9.17, 15) is 14.4 Å². The number of anilines is 1. The maximum absolute atomic E-state index is 13.8. The van der Waals surface area contributed by atoms with Gasteiger partial charge in [-0.2, -0.15) is 4.98 Å². The number of imidazole rings is 1. The number of alkyl carbamates (subject to hydrolysis) is 1. The number of fused-ring (bicyclic) bond motifs is 1. The first kappa shape index (κ1) is 27.8. The van der Waals surface area contributed by atoms with Gasteiger partial charge in [0.2, 0.25) is 5.95 Å². The van der Waals surface area contributed by atoms with Crippen LogP contribution in [-0.4, -0.2) is 56.6 Å². The standard InChI is InChI=1S/C28H36N6O5/c1-7-8-15-33-22-23(30-25(33)32-14-10-12-20(18-32)29-26(36)39-28(2,3)4)31(5)27(37)34(24(22)35)17-19-11-9-13-21(16-19)38-6/h9,11,13,16,20H,10,12,14-15,17-18H2,1-6H3,(H,29,36)/t20-/m1/s1. The number of benzene rings is 1. The molecule has 1 amide bonds. The van der Waals surface area contributed by atoms with E-state index in [0.717, 1.165) is 18.4 Å². The molecular formula is C28H36N6O5. The second-order valence-corrected chi connectivity index (χ2v) is 10.6. The molecule has 1 aliphatic heterocycles. The predicted octanol–water partition coefficient (Wildman–Crippen LogP) is 2.47. The minimum Gasteiger partial charge on any atom is -0.497 e. The molecule has 208 valence electrons. The summed E-state index contributed by atoms with van der Waals surface area (Å²) < 4.78 is 15.1. The topological polar surface area (TPSA) is 113 Å². The van der Waals surface area contributed by atoms with E-state index >= 15 is 0 Å². The monoisotopic (exact) mass is 536 g/mol. The van der Waals surface area contributed by atoms with E-state index in [1.807, 2.05) is 43.9 Å². The number of nitrogens with one attached hydrogen (secondary N) is 1. The van der Waals surface area contributed by atoms with Gasteiger partial charge in [-0.3, -0.25) is 18.5 Å². The van der Waals surface area contributed by atoms with E-state index in [1.54, 1.807) is 31.7 Å². The Morgan fingerprint density at radius 3 is 2.69 bits per heavy atom. The Kier molecular flexibility index (Phi) is 8.04. The lowest BCUT2D eigenvalue weighted by molar-refractivity contribution is 0.0499. The number of amides is 1. The van der Waals surface area contributed by atoms with Crippen molar-refractivity contribution in [1.29, 1.82) is 0 Å². The highest BCUT2D eigenvalue weighted by molar-refractivity contribution is 5.75. The van der Waals surface area contributed by atoms with Crippen molar-refractivity contribution >= 4 is 23.2 Å². The zero-order valence-electron chi connectivity index (χ0n) is 23.4. The van der Waals surface area contributed by atoms with Crippen LogP contribution in [0.4, 0.5) is 10.7 Å². The number of ether oxygens (including phenoxy) is 2. The van der Waals surface area contributed by atoms with Crippen LogP contribution >= 0.6 is 0 Å². The summed E-state index contributed by atoms with van der Waals surface area (Å²) in [7, 11) is 3.18. The fourth-order valence-corrected chi connectivity index (χ4v) is 4.75. The average Bonchev–Trinajstić information content (AvgIpc) is 3.27. The summed E-state index contributed by atoms with van der Waals surface area (Å²) in [6.07, 6.45) is 1.13. The molecule has 0 aliphatic carbocycles. The Morgan fingerprint density at radius 2 is 2.00 bits per heavy atom. The normalized spacial score (nSPS) is 15.5. The second kappa shape index (κ2) is 11.3. The van der Waals surface area contributed by atoms with Crippen molar-refractivity contribution in [3.8, 4) is 17.6 Å². The van der Waals surface area contributed by atoms with Crippen molar-refractivity contribution < 1.29 is 14.3 Å². The largest absolute Gasteiger partial charge is 0.497 e. The number of aromatic nitrogens is 4. The molecule has 1 saturated heterocycles. The van der Waals surface area contributed by atoms with E-state index in [4.69, 9.17) is 14.5 Å². The van der Waals surface area contributed by atoms with Gasteiger partial charge in [0, 0.05) is 26.2 Å². The van der Waals surface area contributed by atoms with E-state index < -0.39 is 22.9 Å². The third-order valence-electron chi connectivity index (χ3n) is 6.53. The first-order valence-electron chi connectivity index (χ1n) is 13.0. The van der Waals surface area contributed by atoms with E-state index in [2.05, 4.69) is 17.2 Å². The molecule has 1 N–H and O–H groups in total. The number of hydrogen-bond acceptors (Lipinski definition) is 7. The average molecular weight is 537 g/mol. The van der Waals surface area contributed by atoms with Crippen LogP contribution in [-0.2, 0) is 24.9 Å². The third-order valence-corrected chi connectivity index (χ3v) is 6.53. The highest BCUT2D eigenvalue weighted by Crippen LogP contribution is 2.24. The molecule has 3 aromatic rings. The minimum absolute atomic E-state index is 0.0875. The highest BCUT2D eigenvalue weighted by Gasteiger charge is 2.29. The van der Waals surface area contributed by atoms with E-state index in [0.29, 0.717) is 36.0 Å². The van der Waals surface area contributed by atoms with Crippen LogP contribution in [0.3, 0.4) is 0 Å². The molecule has 0 unspecified atom stereocenters. The molecule has 11 heteroatoms.